The number of hydrogen-bond donors (Lipinski definition) is 2. The van der Waals surface area contributed by atoms with Gasteiger partial charge < -0.3 is 14.5 Å². The summed E-state index contributed by atoms with van der Waals surface area (Å²) in [7, 11) is 0. The van der Waals surface area contributed by atoms with Gasteiger partial charge in [0.2, 0.25) is 0 Å². The minimum Gasteiger partial charge on any atom is -0.455 e. The maximum atomic E-state index is 12.4. The van der Waals surface area contributed by atoms with E-state index in [1.807, 2.05) is 13.1 Å². The van der Waals surface area contributed by atoms with Gasteiger partial charge in [0.05, 0.1) is 18.0 Å². The molecule has 0 saturated carbocycles. The number of aromatic amines is 1. The van der Waals surface area contributed by atoms with Crippen LogP contribution in [0.3, 0.4) is 0 Å². The molecule has 1 saturated heterocycles. The molecule has 22 heavy (non-hydrogen) atoms. The zero-order chi connectivity index (χ0) is 15.1. The third-order valence-corrected chi connectivity index (χ3v) is 4.53. The Morgan fingerprint density at radius 1 is 1.50 bits per heavy atom. The third kappa shape index (κ3) is 2.14. The summed E-state index contributed by atoms with van der Waals surface area (Å²) >= 11 is 0. The molecule has 0 spiro atoms. The summed E-state index contributed by atoms with van der Waals surface area (Å²) in [4.78, 5) is 12.4. The molecule has 1 aliphatic carbocycles. The molecule has 0 aromatic carbocycles. The van der Waals surface area contributed by atoms with Crippen LogP contribution in [-0.2, 0) is 17.6 Å². The molecule has 2 N–H and O–H groups in total. The van der Waals surface area contributed by atoms with Gasteiger partial charge in [-0.25, -0.2) is 0 Å². The Kier molecular flexibility index (Phi) is 3.26. The molecule has 2 aromatic rings. The molecule has 1 fully saturated rings. The van der Waals surface area contributed by atoms with Crippen molar-refractivity contribution in [3.8, 4) is 11.3 Å². The van der Waals surface area contributed by atoms with Gasteiger partial charge in [-0.3, -0.25) is 9.89 Å². The molecule has 1 aliphatic heterocycles. The maximum Gasteiger partial charge on any atom is 0.287 e. The lowest BCUT2D eigenvalue weighted by Gasteiger charge is -2.10. The number of H-pyrrole nitrogens is 1. The molecule has 2 aromatic heterocycles. The highest BCUT2D eigenvalue weighted by Crippen LogP contribution is 2.37. The summed E-state index contributed by atoms with van der Waals surface area (Å²) in [5.41, 5.74) is 4.05. The minimum atomic E-state index is -0.163. The lowest BCUT2D eigenvalue weighted by Crippen LogP contribution is -2.31. The molecule has 3 heterocycles. The van der Waals surface area contributed by atoms with Crippen molar-refractivity contribution < 1.29 is 13.9 Å². The predicted molar refractivity (Wildman–Crippen MR) is 79.7 cm³/mol. The second-order valence-electron chi connectivity index (χ2n) is 5.97. The van der Waals surface area contributed by atoms with E-state index in [9.17, 15) is 4.79 Å². The highest BCUT2D eigenvalue weighted by molar-refractivity contribution is 5.95. The first-order valence-electron chi connectivity index (χ1n) is 7.78. The van der Waals surface area contributed by atoms with E-state index in [2.05, 4.69) is 15.5 Å². The van der Waals surface area contributed by atoms with Gasteiger partial charge in [0.15, 0.2) is 5.76 Å². The van der Waals surface area contributed by atoms with E-state index in [0.717, 1.165) is 54.9 Å². The summed E-state index contributed by atoms with van der Waals surface area (Å²) in [6.07, 6.45) is 5.75. The van der Waals surface area contributed by atoms with Crippen LogP contribution in [0, 0.1) is 6.92 Å². The van der Waals surface area contributed by atoms with Gasteiger partial charge in [0.1, 0.15) is 5.76 Å². The average molecular weight is 301 g/mol. The van der Waals surface area contributed by atoms with Gasteiger partial charge >= 0.3 is 0 Å². The van der Waals surface area contributed by atoms with Gasteiger partial charge in [-0.05, 0) is 31.7 Å². The first kappa shape index (κ1) is 13.6. The molecule has 2 aliphatic rings. The van der Waals surface area contributed by atoms with Crippen LogP contribution < -0.4 is 5.32 Å². The van der Waals surface area contributed by atoms with Crippen LogP contribution in [0.15, 0.2) is 10.6 Å². The lowest BCUT2D eigenvalue weighted by atomic mass is 9.93. The Morgan fingerprint density at radius 3 is 3.23 bits per heavy atom. The summed E-state index contributed by atoms with van der Waals surface area (Å²) in [6.45, 7) is 3.26. The monoisotopic (exact) mass is 301 g/mol. The number of rotatable bonds is 3. The summed E-state index contributed by atoms with van der Waals surface area (Å²) < 4.78 is 11.4. The normalized spacial score (nSPS) is 19.8. The van der Waals surface area contributed by atoms with E-state index in [1.54, 1.807) is 0 Å². The second-order valence-corrected chi connectivity index (χ2v) is 5.97. The Bertz CT molecular complexity index is 710. The van der Waals surface area contributed by atoms with Crippen LogP contribution in [-0.4, -0.2) is 35.4 Å². The molecule has 0 radical (unpaired) electrons. The van der Waals surface area contributed by atoms with Crippen molar-refractivity contribution in [1.29, 1.82) is 0 Å². The molecule has 1 amide bonds. The SMILES string of the molecule is Cc1c(C(=O)NC[C@H]2CCCO2)oc2c1-c1[nH]ncc1CC2. The molecule has 1 atom stereocenters. The summed E-state index contributed by atoms with van der Waals surface area (Å²) in [5.74, 6) is 1.12. The maximum absolute atomic E-state index is 12.4. The van der Waals surface area contributed by atoms with Crippen molar-refractivity contribution in [1.82, 2.24) is 15.5 Å². The third-order valence-electron chi connectivity index (χ3n) is 4.53. The van der Waals surface area contributed by atoms with Crippen LogP contribution in [0.25, 0.3) is 11.3 Å². The minimum absolute atomic E-state index is 0.132. The number of ether oxygens (including phenoxy) is 1. The van der Waals surface area contributed by atoms with Crippen LogP contribution in [0.2, 0.25) is 0 Å². The van der Waals surface area contributed by atoms with Gasteiger partial charge in [-0.15, -0.1) is 0 Å². The number of nitrogens with zero attached hydrogens (tertiary/aromatic N) is 1. The van der Waals surface area contributed by atoms with E-state index in [1.165, 1.54) is 5.56 Å². The molecule has 116 valence electrons. The van der Waals surface area contributed by atoms with Crippen molar-refractivity contribution in [3.63, 3.8) is 0 Å². The molecule has 4 rings (SSSR count). The van der Waals surface area contributed by atoms with Crippen LogP contribution in [0.1, 0.15) is 40.3 Å². The zero-order valence-corrected chi connectivity index (χ0v) is 12.6. The Labute approximate surface area is 128 Å². The fraction of sp³-hybridized carbons (Fsp3) is 0.500. The van der Waals surface area contributed by atoms with Crippen molar-refractivity contribution in [2.75, 3.05) is 13.2 Å². The van der Waals surface area contributed by atoms with Gasteiger partial charge in [-0.2, -0.15) is 5.10 Å². The number of nitrogens with one attached hydrogen (secondary N) is 2. The van der Waals surface area contributed by atoms with E-state index < -0.39 is 0 Å². The Hall–Kier alpha value is -2.08. The Balaban J connectivity index is 1.57. The van der Waals surface area contributed by atoms with Crippen molar-refractivity contribution in [2.24, 2.45) is 0 Å². The Morgan fingerprint density at radius 2 is 2.41 bits per heavy atom. The topological polar surface area (TPSA) is 80.1 Å². The number of carbonyl (C=O) groups is 1. The number of carbonyl (C=O) groups excluding carboxylic acids is 1. The van der Waals surface area contributed by atoms with E-state index in [-0.39, 0.29) is 12.0 Å². The number of hydrogen-bond acceptors (Lipinski definition) is 4. The summed E-state index contributed by atoms with van der Waals surface area (Å²) in [5, 5.41) is 10.0. The van der Waals surface area contributed by atoms with Crippen molar-refractivity contribution in [2.45, 2.75) is 38.7 Å². The van der Waals surface area contributed by atoms with Gasteiger partial charge in [-0.1, -0.05) is 0 Å². The van der Waals surface area contributed by atoms with Gasteiger partial charge in [0, 0.05) is 30.7 Å². The predicted octanol–water partition coefficient (Wildman–Crippen LogP) is 1.99. The number of furan rings is 1. The number of fused-ring (bicyclic) bond motifs is 3. The van der Waals surface area contributed by atoms with Gasteiger partial charge in [0.25, 0.3) is 5.91 Å². The number of aryl methyl sites for hydroxylation is 2. The highest BCUT2D eigenvalue weighted by Gasteiger charge is 2.28. The average Bonchev–Trinajstić information content (AvgIpc) is 3.24. The fourth-order valence-corrected chi connectivity index (χ4v) is 3.35. The molecule has 0 bridgehead atoms. The largest absolute Gasteiger partial charge is 0.455 e. The molecular formula is C16H19N3O3. The van der Waals surface area contributed by atoms with Crippen LogP contribution in [0.4, 0.5) is 0 Å². The quantitative estimate of drug-likeness (QED) is 0.908. The van der Waals surface area contributed by atoms with Crippen LogP contribution in [0.5, 0.6) is 0 Å². The summed E-state index contributed by atoms with van der Waals surface area (Å²) in [6, 6.07) is 0. The lowest BCUT2D eigenvalue weighted by molar-refractivity contribution is 0.0833. The molecule has 0 unspecified atom stereocenters. The molecular weight excluding hydrogens is 282 g/mol. The first-order valence-corrected chi connectivity index (χ1v) is 7.78. The number of amides is 1. The number of aromatic nitrogens is 2. The van der Waals surface area contributed by atoms with Crippen molar-refractivity contribution >= 4 is 5.91 Å². The standard InChI is InChI=1S/C16H19N3O3/c1-9-13-12(5-4-10-7-18-19-14(10)13)22-15(9)16(20)17-8-11-3-2-6-21-11/h7,11H,2-6,8H2,1H3,(H,17,20)(H,18,19)/t11-/m1/s1. The fourth-order valence-electron chi connectivity index (χ4n) is 3.35. The zero-order valence-electron chi connectivity index (χ0n) is 12.6. The first-order chi connectivity index (χ1) is 10.7. The van der Waals surface area contributed by atoms with Crippen LogP contribution >= 0.6 is 0 Å². The smallest absolute Gasteiger partial charge is 0.287 e. The molecule has 6 nitrogen and oxygen atoms in total. The highest BCUT2D eigenvalue weighted by atomic mass is 16.5. The second kappa shape index (κ2) is 5.28. The van der Waals surface area contributed by atoms with E-state index >= 15 is 0 Å². The van der Waals surface area contributed by atoms with E-state index in [0.29, 0.717) is 12.3 Å². The van der Waals surface area contributed by atoms with Crippen molar-refractivity contribution in [3.05, 3.63) is 28.8 Å². The molecule has 6 heteroatoms. The van der Waals surface area contributed by atoms with E-state index in [4.69, 9.17) is 9.15 Å².